The Morgan fingerprint density at radius 3 is 2.56 bits per heavy atom. The van der Waals surface area contributed by atoms with Crippen LogP contribution in [-0.2, 0) is 0 Å². The Bertz CT molecular complexity index is 153. The summed E-state index contributed by atoms with van der Waals surface area (Å²) in [6.07, 6.45) is 6.49. The average molecular weight is 127 g/mol. The Hall–Kier alpha value is -0.800. The molecule has 1 atom stereocenters. The van der Waals surface area contributed by atoms with Crippen LogP contribution in [0.15, 0.2) is 24.4 Å². The first-order chi connectivity index (χ1) is 4.27. The molecule has 0 spiro atoms. The van der Waals surface area contributed by atoms with Gasteiger partial charge in [-0.3, -0.25) is 0 Å². The quantitative estimate of drug-likeness (QED) is 0.438. The number of hydrogen-bond acceptors (Lipinski definition) is 3. The third-order valence-electron chi connectivity index (χ3n) is 1.15. The van der Waals surface area contributed by atoms with Gasteiger partial charge in [-0.2, -0.15) is 0 Å². The van der Waals surface area contributed by atoms with Gasteiger partial charge in [0.15, 0.2) is 5.72 Å². The van der Waals surface area contributed by atoms with E-state index in [2.05, 4.69) is 5.32 Å². The monoisotopic (exact) mass is 127 g/mol. The van der Waals surface area contributed by atoms with Crippen LogP contribution in [0.1, 0.15) is 0 Å². The first-order valence-electron chi connectivity index (χ1n) is 2.72. The van der Waals surface area contributed by atoms with Crippen molar-refractivity contribution in [1.29, 1.82) is 0 Å². The lowest BCUT2D eigenvalue weighted by Gasteiger charge is -2.23. The summed E-state index contributed by atoms with van der Waals surface area (Å²) in [7, 11) is 0. The van der Waals surface area contributed by atoms with Crippen LogP contribution in [-0.4, -0.2) is 22.5 Å². The molecule has 9 heavy (non-hydrogen) atoms. The molecule has 50 valence electrons. The lowest BCUT2D eigenvalue weighted by atomic mass is 10.2. The maximum Gasteiger partial charge on any atom is 0.178 e. The number of nitrogens with one attached hydrogen (secondary N) is 1. The Labute approximate surface area is 53.3 Å². The molecule has 1 aliphatic rings. The predicted octanol–water partition coefficient (Wildman–Crippen LogP) is -0.660. The molecule has 0 aliphatic carbocycles. The van der Waals surface area contributed by atoms with Crippen LogP contribution >= 0.6 is 0 Å². The van der Waals surface area contributed by atoms with Crippen LogP contribution in [0.25, 0.3) is 0 Å². The van der Waals surface area contributed by atoms with Gasteiger partial charge in [0.1, 0.15) is 0 Å². The minimum Gasteiger partial charge on any atom is -0.391 e. The zero-order valence-corrected chi connectivity index (χ0v) is 4.91. The highest BCUT2D eigenvalue weighted by atomic mass is 16.3. The van der Waals surface area contributed by atoms with Gasteiger partial charge in [0.2, 0.25) is 0 Å². The van der Waals surface area contributed by atoms with Crippen molar-refractivity contribution in [2.45, 2.75) is 5.72 Å². The van der Waals surface area contributed by atoms with Gasteiger partial charge in [0.05, 0.1) is 6.61 Å². The molecule has 0 saturated heterocycles. The van der Waals surface area contributed by atoms with E-state index in [-0.39, 0.29) is 6.61 Å². The van der Waals surface area contributed by atoms with Gasteiger partial charge in [-0.1, -0.05) is 6.08 Å². The molecule has 0 radical (unpaired) electrons. The lowest BCUT2D eigenvalue weighted by Crippen LogP contribution is -2.44. The fraction of sp³-hybridized carbons (Fsp3) is 0.333. The third-order valence-corrected chi connectivity index (χ3v) is 1.15. The second-order valence-corrected chi connectivity index (χ2v) is 1.94. The predicted molar refractivity (Wildman–Crippen MR) is 33.5 cm³/mol. The molecule has 0 fully saturated rings. The third kappa shape index (κ3) is 1.31. The summed E-state index contributed by atoms with van der Waals surface area (Å²) in [6.45, 7) is -0.312. The molecule has 1 heterocycles. The summed E-state index contributed by atoms with van der Waals surface area (Å²) in [4.78, 5) is 0. The average Bonchev–Trinajstić information content (AvgIpc) is 1.90. The number of hydrogen-bond donors (Lipinski definition) is 3. The van der Waals surface area contributed by atoms with Gasteiger partial charge in [0, 0.05) is 0 Å². The summed E-state index contributed by atoms with van der Waals surface area (Å²) in [6, 6.07) is 0. The van der Waals surface area contributed by atoms with Crippen LogP contribution in [0.4, 0.5) is 0 Å². The molecule has 1 unspecified atom stereocenters. The minimum atomic E-state index is -1.24. The summed E-state index contributed by atoms with van der Waals surface area (Å²) < 4.78 is 0. The molecule has 1 aliphatic heterocycles. The van der Waals surface area contributed by atoms with Crippen molar-refractivity contribution in [3.63, 3.8) is 0 Å². The number of rotatable bonds is 1. The molecular formula is C6H9NO2. The zero-order valence-electron chi connectivity index (χ0n) is 4.91. The summed E-state index contributed by atoms with van der Waals surface area (Å²) in [5, 5.41) is 20.3. The van der Waals surface area contributed by atoms with Crippen molar-refractivity contribution >= 4 is 0 Å². The SMILES string of the molecule is OCC1(O)C=CC=CN1. The van der Waals surface area contributed by atoms with Crippen molar-refractivity contribution < 1.29 is 10.2 Å². The van der Waals surface area contributed by atoms with E-state index in [1.54, 1.807) is 18.4 Å². The van der Waals surface area contributed by atoms with Gasteiger partial charge >= 0.3 is 0 Å². The fourth-order valence-corrected chi connectivity index (χ4v) is 0.609. The summed E-state index contributed by atoms with van der Waals surface area (Å²) >= 11 is 0. The van der Waals surface area contributed by atoms with E-state index in [0.717, 1.165) is 0 Å². The van der Waals surface area contributed by atoms with E-state index >= 15 is 0 Å². The Kier molecular flexibility index (Phi) is 1.55. The van der Waals surface area contributed by atoms with Gasteiger partial charge in [-0.25, -0.2) is 0 Å². The number of dihydropyridines is 1. The molecule has 0 bridgehead atoms. The highest BCUT2D eigenvalue weighted by molar-refractivity contribution is 5.15. The molecule has 0 saturated carbocycles. The highest BCUT2D eigenvalue weighted by Crippen LogP contribution is 2.04. The lowest BCUT2D eigenvalue weighted by molar-refractivity contribution is 0.00891. The summed E-state index contributed by atoms with van der Waals surface area (Å²) in [5.74, 6) is 0. The number of aliphatic hydroxyl groups is 2. The van der Waals surface area contributed by atoms with Gasteiger partial charge in [-0.05, 0) is 18.4 Å². The first-order valence-corrected chi connectivity index (χ1v) is 2.72. The molecule has 0 amide bonds. The van der Waals surface area contributed by atoms with Crippen LogP contribution in [0.5, 0.6) is 0 Å². The van der Waals surface area contributed by atoms with Gasteiger partial charge < -0.3 is 15.5 Å². The van der Waals surface area contributed by atoms with Crippen LogP contribution in [0, 0.1) is 0 Å². The van der Waals surface area contributed by atoms with Gasteiger partial charge in [-0.15, -0.1) is 0 Å². The second kappa shape index (κ2) is 2.21. The van der Waals surface area contributed by atoms with Crippen molar-refractivity contribution in [3.05, 3.63) is 24.4 Å². The fourth-order valence-electron chi connectivity index (χ4n) is 0.609. The van der Waals surface area contributed by atoms with E-state index in [9.17, 15) is 5.11 Å². The van der Waals surface area contributed by atoms with Crippen molar-refractivity contribution in [3.8, 4) is 0 Å². The smallest absolute Gasteiger partial charge is 0.178 e. The van der Waals surface area contributed by atoms with E-state index in [1.807, 2.05) is 0 Å². The summed E-state index contributed by atoms with van der Waals surface area (Å²) in [5.41, 5.74) is -1.24. The van der Waals surface area contributed by atoms with Crippen molar-refractivity contribution in [2.75, 3.05) is 6.61 Å². The Balaban J connectivity index is 2.63. The minimum absolute atomic E-state index is 0.312. The largest absolute Gasteiger partial charge is 0.391 e. The van der Waals surface area contributed by atoms with Crippen LogP contribution in [0.3, 0.4) is 0 Å². The Morgan fingerprint density at radius 1 is 1.44 bits per heavy atom. The maximum atomic E-state index is 9.18. The van der Waals surface area contributed by atoms with E-state index in [4.69, 9.17) is 5.11 Å². The molecule has 3 N–H and O–H groups in total. The molecule has 1 rings (SSSR count). The maximum absolute atomic E-state index is 9.18. The molecule has 3 nitrogen and oxygen atoms in total. The first kappa shape index (κ1) is 6.32. The number of allylic oxidation sites excluding steroid dienone is 2. The van der Waals surface area contributed by atoms with E-state index < -0.39 is 5.72 Å². The van der Waals surface area contributed by atoms with Crippen molar-refractivity contribution in [2.24, 2.45) is 0 Å². The zero-order chi connectivity index (χ0) is 6.74. The normalized spacial score (nSPS) is 32.2. The Morgan fingerprint density at radius 2 is 2.22 bits per heavy atom. The van der Waals surface area contributed by atoms with Crippen LogP contribution < -0.4 is 5.32 Å². The number of aliphatic hydroxyl groups excluding tert-OH is 1. The molecule has 3 heteroatoms. The second-order valence-electron chi connectivity index (χ2n) is 1.94. The van der Waals surface area contributed by atoms with E-state index in [0.29, 0.717) is 0 Å². The molecule has 0 aromatic rings. The molecule has 0 aromatic heterocycles. The highest BCUT2D eigenvalue weighted by Gasteiger charge is 2.20. The van der Waals surface area contributed by atoms with E-state index in [1.165, 1.54) is 6.08 Å². The van der Waals surface area contributed by atoms with Crippen LogP contribution in [0.2, 0.25) is 0 Å². The molecular weight excluding hydrogens is 118 g/mol. The topological polar surface area (TPSA) is 52.5 Å². The molecule has 0 aromatic carbocycles. The standard InChI is InChI=1S/C6H9NO2/c8-5-6(9)3-1-2-4-7-6/h1-4,7-9H,5H2. The van der Waals surface area contributed by atoms with Crippen molar-refractivity contribution in [1.82, 2.24) is 5.32 Å². The van der Waals surface area contributed by atoms with Gasteiger partial charge in [0.25, 0.3) is 0 Å².